The van der Waals surface area contributed by atoms with Crippen molar-refractivity contribution in [3.63, 3.8) is 0 Å². The molecule has 0 radical (unpaired) electrons. The average Bonchev–Trinajstić information content (AvgIpc) is 2.95. The first kappa shape index (κ1) is 15.7. The van der Waals surface area contributed by atoms with E-state index in [-0.39, 0.29) is 18.4 Å². The summed E-state index contributed by atoms with van der Waals surface area (Å²) in [4.78, 5) is 13.2. The highest BCUT2D eigenvalue weighted by Gasteiger charge is 2.37. The summed E-state index contributed by atoms with van der Waals surface area (Å²) in [5, 5.41) is 9.18. The average molecular weight is 297 g/mol. The summed E-state index contributed by atoms with van der Waals surface area (Å²) in [6.07, 6.45) is 0. The first-order valence-electron chi connectivity index (χ1n) is 7.05. The molecule has 1 N–H and O–H groups in total. The number of likely N-dealkylation sites (N-methyl/N-ethyl adjacent to an activating group) is 1. The fourth-order valence-electron chi connectivity index (χ4n) is 2.53. The molecule has 21 heavy (non-hydrogen) atoms. The van der Waals surface area contributed by atoms with E-state index in [0.717, 1.165) is 0 Å². The number of para-hydroxylation sites is 1. The molecular weight excluding hydrogens is 277 g/mol. The van der Waals surface area contributed by atoms with Crippen LogP contribution in [0.15, 0.2) is 24.3 Å². The maximum Gasteiger partial charge on any atom is 0.310 e. The highest BCUT2D eigenvalue weighted by molar-refractivity contribution is 5.71. The summed E-state index contributed by atoms with van der Waals surface area (Å²) in [6.45, 7) is 4.13. The molecule has 6 heteroatoms. The number of hydrogen-bond donors (Lipinski definition) is 1. The van der Waals surface area contributed by atoms with E-state index in [0.29, 0.717) is 26.3 Å². The summed E-state index contributed by atoms with van der Waals surface area (Å²) in [7, 11) is 0. The SMILES string of the molecule is CCN(CCOc1ccccc1F)C1COCC1C(=O)O. The van der Waals surface area contributed by atoms with Crippen molar-refractivity contribution in [2.24, 2.45) is 5.92 Å². The van der Waals surface area contributed by atoms with Crippen molar-refractivity contribution in [3.05, 3.63) is 30.1 Å². The third kappa shape index (κ3) is 3.92. The second-order valence-electron chi connectivity index (χ2n) is 4.96. The molecule has 1 aromatic carbocycles. The summed E-state index contributed by atoms with van der Waals surface area (Å²) in [5.41, 5.74) is 0. The molecule has 2 atom stereocenters. The summed E-state index contributed by atoms with van der Waals surface area (Å²) in [6, 6.07) is 6.08. The predicted octanol–water partition coefficient (Wildman–Crippen LogP) is 1.63. The van der Waals surface area contributed by atoms with Gasteiger partial charge in [-0.05, 0) is 18.7 Å². The van der Waals surface area contributed by atoms with Crippen LogP contribution in [0.1, 0.15) is 6.92 Å². The van der Waals surface area contributed by atoms with Gasteiger partial charge in [-0.2, -0.15) is 0 Å². The molecule has 2 unspecified atom stereocenters. The van der Waals surface area contributed by atoms with Crippen LogP contribution < -0.4 is 4.74 Å². The van der Waals surface area contributed by atoms with Crippen LogP contribution in [0.5, 0.6) is 5.75 Å². The van der Waals surface area contributed by atoms with E-state index in [2.05, 4.69) is 0 Å². The van der Waals surface area contributed by atoms with E-state index >= 15 is 0 Å². The van der Waals surface area contributed by atoms with Crippen LogP contribution in [0.25, 0.3) is 0 Å². The van der Waals surface area contributed by atoms with Crippen LogP contribution >= 0.6 is 0 Å². The highest BCUT2D eigenvalue weighted by atomic mass is 19.1. The number of halogens is 1. The maximum atomic E-state index is 13.4. The summed E-state index contributed by atoms with van der Waals surface area (Å²) in [5.74, 6) is -1.54. The lowest BCUT2D eigenvalue weighted by atomic mass is 10.0. The van der Waals surface area contributed by atoms with Gasteiger partial charge < -0.3 is 14.6 Å². The molecule has 1 heterocycles. The second kappa shape index (κ2) is 7.38. The molecule has 1 aliphatic rings. The van der Waals surface area contributed by atoms with Gasteiger partial charge in [0.2, 0.25) is 0 Å². The Labute approximate surface area is 123 Å². The summed E-state index contributed by atoms with van der Waals surface area (Å²) < 4.78 is 24.1. The Bertz CT molecular complexity index is 482. The van der Waals surface area contributed by atoms with Crippen LogP contribution in [-0.2, 0) is 9.53 Å². The molecule has 0 spiro atoms. The Morgan fingerprint density at radius 1 is 1.48 bits per heavy atom. The minimum Gasteiger partial charge on any atom is -0.489 e. The van der Waals surface area contributed by atoms with Crippen LogP contribution in [0.3, 0.4) is 0 Å². The minimum absolute atomic E-state index is 0.156. The standard InChI is InChI=1S/C15H20FNO4/c1-2-17(13-10-20-9-11(13)15(18)19)7-8-21-14-6-4-3-5-12(14)16/h3-6,11,13H,2,7-10H2,1H3,(H,18,19). The Morgan fingerprint density at radius 3 is 2.90 bits per heavy atom. The smallest absolute Gasteiger partial charge is 0.310 e. The molecule has 1 saturated heterocycles. The van der Waals surface area contributed by atoms with E-state index in [1.807, 2.05) is 11.8 Å². The van der Waals surface area contributed by atoms with Crippen molar-refractivity contribution in [2.75, 3.05) is 32.9 Å². The molecule has 116 valence electrons. The molecule has 0 saturated carbocycles. The lowest BCUT2D eigenvalue weighted by molar-refractivity contribution is -0.143. The van der Waals surface area contributed by atoms with Gasteiger partial charge in [-0.1, -0.05) is 19.1 Å². The van der Waals surface area contributed by atoms with E-state index in [1.165, 1.54) is 6.07 Å². The Kier molecular flexibility index (Phi) is 5.52. The molecular formula is C15H20FNO4. The van der Waals surface area contributed by atoms with Crippen molar-refractivity contribution < 1.29 is 23.8 Å². The molecule has 0 bridgehead atoms. The number of carbonyl (C=O) groups is 1. The monoisotopic (exact) mass is 297 g/mol. The normalized spacial score (nSPS) is 21.7. The van der Waals surface area contributed by atoms with E-state index in [9.17, 15) is 14.3 Å². The molecule has 5 nitrogen and oxygen atoms in total. The van der Waals surface area contributed by atoms with E-state index in [1.54, 1.807) is 18.2 Å². The molecule has 1 fully saturated rings. The van der Waals surface area contributed by atoms with Crippen molar-refractivity contribution in [2.45, 2.75) is 13.0 Å². The largest absolute Gasteiger partial charge is 0.489 e. The highest BCUT2D eigenvalue weighted by Crippen LogP contribution is 2.20. The predicted molar refractivity (Wildman–Crippen MR) is 74.9 cm³/mol. The number of carboxylic acid groups (broad SMARTS) is 1. The van der Waals surface area contributed by atoms with E-state index in [4.69, 9.17) is 9.47 Å². The fourth-order valence-corrected chi connectivity index (χ4v) is 2.53. The number of aliphatic carboxylic acids is 1. The zero-order valence-electron chi connectivity index (χ0n) is 12.0. The van der Waals surface area contributed by atoms with Gasteiger partial charge in [0.1, 0.15) is 6.61 Å². The lowest BCUT2D eigenvalue weighted by Crippen LogP contribution is -2.44. The number of hydrogen-bond acceptors (Lipinski definition) is 4. The number of rotatable bonds is 7. The molecule has 1 aliphatic heterocycles. The van der Waals surface area contributed by atoms with Gasteiger partial charge in [0, 0.05) is 12.6 Å². The molecule has 0 aliphatic carbocycles. The van der Waals surface area contributed by atoms with Crippen LogP contribution in [0.4, 0.5) is 4.39 Å². The first-order valence-corrected chi connectivity index (χ1v) is 7.05. The van der Waals surface area contributed by atoms with E-state index < -0.39 is 17.7 Å². The maximum absolute atomic E-state index is 13.4. The Balaban J connectivity index is 1.88. The molecule has 0 amide bonds. The molecule has 0 aromatic heterocycles. The van der Waals surface area contributed by atoms with Gasteiger partial charge in [-0.15, -0.1) is 0 Å². The van der Waals surface area contributed by atoms with Gasteiger partial charge >= 0.3 is 5.97 Å². The fraction of sp³-hybridized carbons (Fsp3) is 0.533. The zero-order valence-corrected chi connectivity index (χ0v) is 12.0. The first-order chi connectivity index (χ1) is 10.1. The third-order valence-electron chi connectivity index (χ3n) is 3.72. The number of ether oxygens (including phenoxy) is 2. The van der Waals surface area contributed by atoms with Crippen molar-refractivity contribution in [1.82, 2.24) is 4.90 Å². The Morgan fingerprint density at radius 2 is 2.24 bits per heavy atom. The van der Waals surface area contributed by atoms with Gasteiger partial charge in [-0.25, -0.2) is 4.39 Å². The van der Waals surface area contributed by atoms with Crippen molar-refractivity contribution in [1.29, 1.82) is 0 Å². The quantitative estimate of drug-likeness (QED) is 0.829. The van der Waals surface area contributed by atoms with Crippen LogP contribution in [-0.4, -0.2) is 54.9 Å². The van der Waals surface area contributed by atoms with Gasteiger partial charge in [0.15, 0.2) is 11.6 Å². The number of nitrogens with zero attached hydrogens (tertiary/aromatic N) is 1. The topological polar surface area (TPSA) is 59.0 Å². The van der Waals surface area contributed by atoms with Gasteiger partial charge in [0.05, 0.1) is 19.1 Å². The van der Waals surface area contributed by atoms with Crippen LogP contribution in [0, 0.1) is 11.7 Å². The third-order valence-corrected chi connectivity index (χ3v) is 3.72. The Hall–Kier alpha value is -1.66. The van der Waals surface area contributed by atoms with Crippen molar-refractivity contribution >= 4 is 5.97 Å². The van der Waals surface area contributed by atoms with Gasteiger partial charge in [0.25, 0.3) is 0 Å². The zero-order chi connectivity index (χ0) is 15.2. The second-order valence-corrected chi connectivity index (χ2v) is 4.96. The molecule has 2 rings (SSSR count). The molecule has 1 aromatic rings. The lowest BCUT2D eigenvalue weighted by Gasteiger charge is -2.28. The van der Waals surface area contributed by atoms with Gasteiger partial charge in [-0.3, -0.25) is 9.69 Å². The number of carboxylic acids is 1. The summed E-state index contributed by atoms with van der Waals surface area (Å²) >= 11 is 0. The number of benzene rings is 1. The van der Waals surface area contributed by atoms with Crippen LogP contribution in [0.2, 0.25) is 0 Å². The van der Waals surface area contributed by atoms with Crippen molar-refractivity contribution in [3.8, 4) is 5.75 Å². The minimum atomic E-state index is -0.842.